The van der Waals surface area contributed by atoms with E-state index >= 15 is 0 Å². The van der Waals surface area contributed by atoms with Crippen LogP contribution in [0.5, 0.6) is 0 Å². The summed E-state index contributed by atoms with van der Waals surface area (Å²) in [6, 6.07) is 6.35. The molecule has 1 saturated carbocycles. The molecule has 2 aromatic rings. The number of sulfone groups is 1. The molecule has 0 bridgehead atoms. The summed E-state index contributed by atoms with van der Waals surface area (Å²) in [7, 11) is -1.15. The zero-order valence-corrected chi connectivity index (χ0v) is 18.0. The van der Waals surface area contributed by atoms with Crippen LogP contribution in [0.15, 0.2) is 18.2 Å². The number of likely N-dealkylation sites (N-methyl/N-ethyl adjacent to an activating group) is 1. The highest BCUT2D eigenvalue weighted by Crippen LogP contribution is 2.33. The van der Waals surface area contributed by atoms with E-state index in [4.69, 9.17) is 4.98 Å². The van der Waals surface area contributed by atoms with Crippen molar-refractivity contribution in [3.05, 3.63) is 24.0 Å². The molecule has 8 heteroatoms. The molecule has 1 aromatic carbocycles. The molecule has 29 heavy (non-hydrogen) atoms. The number of carbonyl (C=O) groups excluding carboxylic acids is 1. The maximum absolute atomic E-state index is 12.5. The molecule has 158 valence electrons. The zero-order valence-electron chi connectivity index (χ0n) is 17.2. The van der Waals surface area contributed by atoms with Crippen LogP contribution in [0.25, 0.3) is 11.0 Å². The topological polar surface area (TPSA) is 84.3 Å². The molecule has 1 aromatic heterocycles. The van der Waals surface area contributed by atoms with Crippen molar-refractivity contribution in [2.24, 2.45) is 0 Å². The minimum atomic E-state index is -2.95. The lowest BCUT2D eigenvalue weighted by molar-refractivity contribution is -0.117. The first-order chi connectivity index (χ1) is 13.8. The highest BCUT2D eigenvalue weighted by molar-refractivity contribution is 7.91. The largest absolute Gasteiger partial charge is 0.325 e. The van der Waals surface area contributed by atoms with Crippen molar-refractivity contribution >= 4 is 32.5 Å². The number of rotatable bonds is 5. The number of imidazole rings is 1. The van der Waals surface area contributed by atoms with Gasteiger partial charge in [-0.15, -0.1) is 0 Å². The molecule has 1 aliphatic carbocycles. The van der Waals surface area contributed by atoms with Crippen LogP contribution in [0.1, 0.15) is 50.4 Å². The third kappa shape index (κ3) is 4.48. The molecule has 2 aliphatic rings. The maximum atomic E-state index is 12.5. The lowest BCUT2D eigenvalue weighted by Gasteiger charge is -2.25. The molecule has 0 spiro atoms. The first kappa shape index (κ1) is 20.3. The number of aromatic nitrogens is 2. The Balaban J connectivity index is 1.44. The molecule has 1 unspecified atom stereocenters. The minimum Gasteiger partial charge on any atom is -0.325 e. The maximum Gasteiger partial charge on any atom is 0.238 e. The van der Waals surface area contributed by atoms with Crippen LogP contribution in [0.4, 0.5) is 5.69 Å². The second kappa shape index (κ2) is 8.07. The van der Waals surface area contributed by atoms with Crippen LogP contribution in [0.2, 0.25) is 0 Å². The summed E-state index contributed by atoms with van der Waals surface area (Å²) in [4.78, 5) is 19.0. The third-order valence-corrected chi connectivity index (χ3v) is 8.06. The molecule has 2 heterocycles. The van der Waals surface area contributed by atoms with Crippen molar-refractivity contribution in [2.75, 3.05) is 30.4 Å². The van der Waals surface area contributed by atoms with Crippen molar-refractivity contribution < 1.29 is 13.2 Å². The molecule has 4 rings (SSSR count). The van der Waals surface area contributed by atoms with Gasteiger partial charge in [0.2, 0.25) is 5.91 Å². The number of anilines is 1. The molecular weight excluding hydrogens is 388 g/mol. The highest BCUT2D eigenvalue weighted by atomic mass is 32.2. The summed E-state index contributed by atoms with van der Waals surface area (Å²) >= 11 is 0. The summed E-state index contributed by atoms with van der Waals surface area (Å²) < 4.78 is 25.7. The Morgan fingerprint density at radius 3 is 2.69 bits per heavy atom. The Morgan fingerprint density at radius 2 is 2.00 bits per heavy atom. The van der Waals surface area contributed by atoms with Crippen LogP contribution >= 0.6 is 0 Å². The lowest BCUT2D eigenvalue weighted by atomic mass is 9.95. The quantitative estimate of drug-likeness (QED) is 0.807. The summed E-state index contributed by atoms with van der Waals surface area (Å²) in [6.07, 6.45) is 6.86. The van der Waals surface area contributed by atoms with Gasteiger partial charge in [-0.2, -0.15) is 0 Å². The van der Waals surface area contributed by atoms with E-state index in [-0.39, 0.29) is 30.0 Å². The van der Waals surface area contributed by atoms with Crippen molar-refractivity contribution in [3.8, 4) is 0 Å². The first-order valence-corrected chi connectivity index (χ1v) is 12.3. The van der Waals surface area contributed by atoms with E-state index in [1.807, 2.05) is 30.1 Å². The number of nitrogens with one attached hydrogen (secondary N) is 1. The van der Waals surface area contributed by atoms with Crippen molar-refractivity contribution in [1.82, 2.24) is 14.5 Å². The molecule has 1 aliphatic heterocycles. The van der Waals surface area contributed by atoms with Gasteiger partial charge < -0.3 is 9.88 Å². The number of carbonyl (C=O) groups is 1. The average Bonchev–Trinajstić information content (AvgIpc) is 3.20. The van der Waals surface area contributed by atoms with Crippen molar-refractivity contribution in [3.63, 3.8) is 0 Å². The van der Waals surface area contributed by atoms with Crippen molar-refractivity contribution in [1.29, 1.82) is 0 Å². The third-order valence-electron chi connectivity index (χ3n) is 6.31. The van der Waals surface area contributed by atoms with E-state index in [1.54, 1.807) is 0 Å². The summed E-state index contributed by atoms with van der Waals surface area (Å²) in [6.45, 7) is 2.23. The van der Waals surface area contributed by atoms with E-state index in [9.17, 15) is 13.2 Å². The molecular formula is C21H30N4O3S. The minimum absolute atomic E-state index is 0.0814. The number of aryl methyl sites for hydroxylation is 1. The summed E-state index contributed by atoms with van der Waals surface area (Å²) in [5, 5.41) is 2.94. The Hall–Kier alpha value is -1.93. The van der Waals surface area contributed by atoms with Gasteiger partial charge in [0, 0.05) is 17.8 Å². The Bertz CT molecular complexity index is 1010. The van der Waals surface area contributed by atoms with Gasteiger partial charge in [0.1, 0.15) is 5.82 Å². The Morgan fingerprint density at radius 1 is 1.24 bits per heavy atom. The molecule has 2 fully saturated rings. The van der Waals surface area contributed by atoms with E-state index in [0.717, 1.165) is 22.5 Å². The van der Waals surface area contributed by atoms with Gasteiger partial charge in [0.25, 0.3) is 0 Å². The van der Waals surface area contributed by atoms with Gasteiger partial charge in [0.15, 0.2) is 9.84 Å². The number of hydrogen-bond donors (Lipinski definition) is 1. The highest BCUT2D eigenvalue weighted by Gasteiger charge is 2.31. The predicted molar refractivity (Wildman–Crippen MR) is 115 cm³/mol. The van der Waals surface area contributed by atoms with E-state index in [2.05, 4.69) is 16.8 Å². The Kier molecular flexibility index (Phi) is 5.66. The Labute approximate surface area is 172 Å². The number of amides is 1. The smallest absolute Gasteiger partial charge is 0.238 e. The monoisotopic (exact) mass is 418 g/mol. The van der Waals surface area contributed by atoms with Crippen LogP contribution in [0, 0.1) is 6.92 Å². The zero-order chi connectivity index (χ0) is 20.6. The molecule has 1 atom stereocenters. The average molecular weight is 419 g/mol. The summed E-state index contributed by atoms with van der Waals surface area (Å²) in [5.41, 5.74) is 2.75. The van der Waals surface area contributed by atoms with Crippen molar-refractivity contribution in [2.45, 2.75) is 57.5 Å². The fraction of sp³-hybridized carbons (Fsp3) is 0.619. The number of nitrogens with zero attached hydrogens (tertiary/aromatic N) is 3. The number of fused-ring (bicyclic) bond motifs is 1. The van der Waals surface area contributed by atoms with Gasteiger partial charge in [-0.05, 0) is 51.4 Å². The molecule has 0 radical (unpaired) electrons. The SMILES string of the molecule is Cc1nc2cc(NC(=O)CN(C)C3CCS(=O)(=O)C3)ccc2n1C1CCCCC1. The van der Waals surface area contributed by atoms with Gasteiger partial charge in [-0.3, -0.25) is 9.69 Å². The fourth-order valence-corrected chi connectivity index (χ4v) is 6.58. The molecule has 7 nitrogen and oxygen atoms in total. The molecule has 1 N–H and O–H groups in total. The van der Waals surface area contributed by atoms with Crippen LogP contribution in [-0.2, 0) is 14.6 Å². The van der Waals surface area contributed by atoms with Gasteiger partial charge >= 0.3 is 0 Å². The normalized spacial score (nSPS) is 22.4. The predicted octanol–water partition coefficient (Wildman–Crippen LogP) is 2.91. The number of benzene rings is 1. The second-order valence-electron chi connectivity index (χ2n) is 8.54. The standard InChI is InChI=1S/C21H30N4O3S/c1-15-22-19-12-16(8-9-20(19)25(15)17-6-4-3-5-7-17)23-21(26)13-24(2)18-10-11-29(27,28)14-18/h8-9,12,17-18H,3-7,10-11,13-14H2,1-2H3,(H,23,26). The van der Waals surface area contributed by atoms with Crippen LogP contribution in [-0.4, -0.2) is 59.9 Å². The first-order valence-electron chi connectivity index (χ1n) is 10.5. The molecule has 1 amide bonds. The fourth-order valence-electron chi connectivity index (χ4n) is 4.78. The van der Waals surface area contributed by atoms with E-state index in [1.165, 1.54) is 32.1 Å². The van der Waals surface area contributed by atoms with Gasteiger partial charge in [0.05, 0.1) is 29.1 Å². The second-order valence-corrected chi connectivity index (χ2v) is 10.8. The van der Waals surface area contributed by atoms with Gasteiger partial charge in [-0.1, -0.05) is 19.3 Å². The molecule has 1 saturated heterocycles. The van der Waals surface area contributed by atoms with E-state index in [0.29, 0.717) is 12.5 Å². The van der Waals surface area contributed by atoms with Crippen LogP contribution in [0.3, 0.4) is 0 Å². The summed E-state index contributed by atoms with van der Waals surface area (Å²) in [5.74, 6) is 1.24. The lowest BCUT2D eigenvalue weighted by Crippen LogP contribution is -2.38. The number of hydrogen-bond acceptors (Lipinski definition) is 5. The van der Waals surface area contributed by atoms with E-state index < -0.39 is 9.84 Å². The van der Waals surface area contributed by atoms with Gasteiger partial charge in [-0.25, -0.2) is 13.4 Å². The van der Waals surface area contributed by atoms with Crippen LogP contribution < -0.4 is 5.32 Å².